The number of benzene rings is 4. The molecule has 4 nitrogen and oxygen atoms in total. The minimum absolute atomic E-state index is 0.0273. The molecule has 0 aliphatic rings. The first kappa shape index (κ1) is 31.2. The van der Waals surface area contributed by atoms with Crippen molar-refractivity contribution >= 4 is 58.0 Å². The summed E-state index contributed by atoms with van der Waals surface area (Å²) in [6, 6.07) is 21.6. The van der Waals surface area contributed by atoms with Crippen molar-refractivity contribution in [3.05, 3.63) is 104 Å². The third kappa shape index (κ3) is 8.41. The molecule has 41 heavy (non-hydrogen) atoms. The number of nitrogens with one attached hydrogen (secondary N) is 1. The topological polar surface area (TPSA) is 58.6 Å². The number of rotatable bonds is 12. The van der Waals surface area contributed by atoms with E-state index in [0.29, 0.717) is 53.7 Å². The lowest BCUT2D eigenvalue weighted by Crippen LogP contribution is -2.14. The van der Waals surface area contributed by atoms with Gasteiger partial charge in [0.25, 0.3) is 5.91 Å². The summed E-state index contributed by atoms with van der Waals surface area (Å²) in [7, 11) is 0. The molecule has 0 aliphatic carbocycles. The van der Waals surface area contributed by atoms with Crippen LogP contribution in [0.5, 0.6) is 5.75 Å². The number of halogens is 4. The third-order valence-corrected chi connectivity index (χ3v) is 7.47. The minimum atomic E-state index is -0.288. The highest BCUT2D eigenvalue weighted by Gasteiger charge is 2.21. The maximum absolute atomic E-state index is 13.8. The Morgan fingerprint density at radius 1 is 0.780 bits per heavy atom. The zero-order valence-corrected chi connectivity index (χ0v) is 25.7. The maximum atomic E-state index is 13.8. The first-order valence-corrected chi connectivity index (χ1v) is 15.0. The van der Waals surface area contributed by atoms with E-state index in [1.165, 1.54) is 6.42 Å². The summed E-state index contributed by atoms with van der Waals surface area (Å²) in [6.07, 6.45) is 5.42. The van der Waals surface area contributed by atoms with Crippen LogP contribution in [0.2, 0.25) is 20.1 Å². The number of carbonyl (C=O) groups excluding carboxylic acids is 1. The SMILES string of the molecule is CCCCCCc1ccccc1NC(=O)c1cc(-c2cc(Cl)cc(Cl)c2)c(OCCO)c(-c2cc(Cl)cc(Cl)c2)c1. The van der Waals surface area contributed by atoms with Gasteiger partial charge in [0, 0.05) is 42.5 Å². The van der Waals surface area contributed by atoms with Crippen molar-refractivity contribution in [1.29, 1.82) is 0 Å². The van der Waals surface area contributed by atoms with Crippen LogP contribution >= 0.6 is 46.4 Å². The molecular formula is C33H31Cl4NO3. The van der Waals surface area contributed by atoms with Gasteiger partial charge in [0.05, 0.1) is 6.61 Å². The van der Waals surface area contributed by atoms with E-state index in [9.17, 15) is 9.90 Å². The van der Waals surface area contributed by atoms with Gasteiger partial charge in [0.2, 0.25) is 0 Å². The lowest BCUT2D eigenvalue weighted by molar-refractivity contribution is 0.102. The number of unbranched alkanes of at least 4 members (excludes halogenated alkanes) is 3. The molecule has 0 heterocycles. The van der Waals surface area contributed by atoms with Crippen LogP contribution in [-0.4, -0.2) is 24.2 Å². The first-order valence-electron chi connectivity index (χ1n) is 13.5. The monoisotopic (exact) mass is 629 g/mol. The highest BCUT2D eigenvalue weighted by Crippen LogP contribution is 2.43. The largest absolute Gasteiger partial charge is 0.490 e. The fourth-order valence-corrected chi connectivity index (χ4v) is 5.76. The zero-order valence-electron chi connectivity index (χ0n) is 22.7. The lowest BCUT2D eigenvalue weighted by Gasteiger charge is -2.19. The average Bonchev–Trinajstić information content (AvgIpc) is 2.93. The zero-order chi connectivity index (χ0) is 29.4. The van der Waals surface area contributed by atoms with Crippen molar-refractivity contribution in [2.24, 2.45) is 0 Å². The number of amides is 1. The van der Waals surface area contributed by atoms with Crippen molar-refractivity contribution < 1.29 is 14.6 Å². The van der Waals surface area contributed by atoms with Crippen LogP contribution in [0.25, 0.3) is 22.3 Å². The van der Waals surface area contributed by atoms with E-state index in [1.807, 2.05) is 24.3 Å². The Bertz CT molecular complexity index is 1410. The van der Waals surface area contributed by atoms with E-state index in [-0.39, 0.29) is 19.1 Å². The molecule has 0 radical (unpaired) electrons. The third-order valence-electron chi connectivity index (χ3n) is 6.60. The summed E-state index contributed by atoms with van der Waals surface area (Å²) in [5.41, 5.74) is 4.70. The molecule has 4 aromatic rings. The standard InChI is InChI=1S/C33H31Cl4NO3/c1-2-3-4-5-8-21-9-6-7-10-31(21)38-33(40)24-17-29(22-13-25(34)19-26(35)14-22)32(41-12-11-39)30(18-24)23-15-27(36)20-28(37)16-23/h6-7,9-10,13-20,39H,2-5,8,11-12H2,1H3,(H,38,40). The number of anilines is 1. The fraction of sp³-hybridized carbons (Fsp3) is 0.242. The Morgan fingerprint density at radius 3 is 1.88 bits per heavy atom. The molecule has 0 atom stereocenters. The summed E-state index contributed by atoms with van der Waals surface area (Å²) in [5, 5.41) is 14.4. The van der Waals surface area contributed by atoms with Crippen molar-refractivity contribution in [2.75, 3.05) is 18.5 Å². The van der Waals surface area contributed by atoms with Gasteiger partial charge in [-0.1, -0.05) is 90.8 Å². The van der Waals surface area contributed by atoms with Gasteiger partial charge in [-0.25, -0.2) is 0 Å². The molecule has 4 rings (SSSR count). The van der Waals surface area contributed by atoms with E-state index in [2.05, 4.69) is 12.2 Å². The molecule has 0 aromatic heterocycles. The number of hydrogen-bond donors (Lipinski definition) is 2. The van der Waals surface area contributed by atoms with E-state index in [4.69, 9.17) is 51.1 Å². The predicted molar refractivity (Wildman–Crippen MR) is 172 cm³/mol. The lowest BCUT2D eigenvalue weighted by atomic mass is 9.94. The molecule has 0 fully saturated rings. The molecule has 0 spiro atoms. The van der Waals surface area contributed by atoms with Crippen LogP contribution in [-0.2, 0) is 6.42 Å². The Balaban J connectivity index is 1.84. The highest BCUT2D eigenvalue weighted by molar-refractivity contribution is 6.35. The van der Waals surface area contributed by atoms with E-state index >= 15 is 0 Å². The average molecular weight is 631 g/mol. The van der Waals surface area contributed by atoms with Crippen LogP contribution in [0, 0.1) is 0 Å². The van der Waals surface area contributed by atoms with Crippen LogP contribution in [0.4, 0.5) is 5.69 Å². The summed E-state index contributed by atoms with van der Waals surface area (Å²) in [5.74, 6) is 0.145. The van der Waals surface area contributed by atoms with Gasteiger partial charge >= 0.3 is 0 Å². The normalized spacial score (nSPS) is 11.0. The van der Waals surface area contributed by atoms with Gasteiger partial charge < -0.3 is 15.2 Å². The Labute approximate surface area is 261 Å². The van der Waals surface area contributed by atoms with Crippen LogP contribution in [0.15, 0.2) is 72.8 Å². The van der Waals surface area contributed by atoms with Gasteiger partial charge in [0.1, 0.15) is 12.4 Å². The molecule has 0 saturated heterocycles. The Kier molecular flexibility index (Phi) is 11.4. The second-order valence-electron chi connectivity index (χ2n) is 9.71. The maximum Gasteiger partial charge on any atom is 0.255 e. The molecule has 0 bridgehead atoms. The first-order chi connectivity index (χ1) is 19.8. The summed E-state index contributed by atoms with van der Waals surface area (Å²) < 4.78 is 6.07. The number of hydrogen-bond acceptors (Lipinski definition) is 3. The molecule has 4 aromatic carbocycles. The number of para-hydroxylation sites is 1. The highest BCUT2D eigenvalue weighted by atomic mass is 35.5. The Hall–Kier alpha value is -2.73. The summed E-state index contributed by atoms with van der Waals surface area (Å²) in [6.45, 7) is 2.01. The molecule has 0 aliphatic heterocycles. The van der Waals surface area contributed by atoms with Crippen LogP contribution < -0.4 is 10.1 Å². The van der Waals surface area contributed by atoms with E-state index in [0.717, 1.165) is 36.9 Å². The molecule has 0 saturated carbocycles. The fourth-order valence-electron chi connectivity index (χ4n) is 4.71. The number of carbonyl (C=O) groups is 1. The van der Waals surface area contributed by atoms with Gasteiger partial charge in [0.15, 0.2) is 0 Å². The molecule has 2 N–H and O–H groups in total. The van der Waals surface area contributed by atoms with E-state index in [1.54, 1.807) is 48.5 Å². The van der Waals surface area contributed by atoms with Crippen molar-refractivity contribution in [3.8, 4) is 28.0 Å². The minimum Gasteiger partial charge on any atom is -0.490 e. The number of aryl methyl sites for hydroxylation is 1. The molecule has 1 amide bonds. The molecule has 214 valence electrons. The van der Waals surface area contributed by atoms with Gasteiger partial charge in [-0.15, -0.1) is 0 Å². The molecular weight excluding hydrogens is 600 g/mol. The van der Waals surface area contributed by atoms with Crippen molar-refractivity contribution in [1.82, 2.24) is 0 Å². The summed E-state index contributed by atoms with van der Waals surface area (Å²) >= 11 is 25.5. The summed E-state index contributed by atoms with van der Waals surface area (Å²) in [4.78, 5) is 13.8. The predicted octanol–water partition coefficient (Wildman–Crippen LogP) is 10.4. The quantitative estimate of drug-likeness (QED) is 0.153. The number of aliphatic hydroxyl groups is 1. The van der Waals surface area contributed by atoms with Gasteiger partial charge in [-0.2, -0.15) is 0 Å². The van der Waals surface area contributed by atoms with Crippen molar-refractivity contribution in [2.45, 2.75) is 39.0 Å². The van der Waals surface area contributed by atoms with Gasteiger partial charge in [-0.05, 0) is 84.1 Å². The van der Waals surface area contributed by atoms with Crippen LogP contribution in [0.1, 0.15) is 48.5 Å². The second-order valence-corrected chi connectivity index (χ2v) is 11.5. The Morgan fingerprint density at radius 2 is 1.34 bits per heavy atom. The van der Waals surface area contributed by atoms with E-state index < -0.39 is 0 Å². The molecule has 8 heteroatoms. The second kappa shape index (κ2) is 14.9. The van der Waals surface area contributed by atoms with Crippen molar-refractivity contribution in [3.63, 3.8) is 0 Å². The smallest absolute Gasteiger partial charge is 0.255 e. The number of aliphatic hydroxyl groups excluding tert-OH is 1. The van der Waals surface area contributed by atoms with Gasteiger partial charge in [-0.3, -0.25) is 4.79 Å². The molecule has 0 unspecified atom stereocenters. The number of ether oxygens (including phenoxy) is 1. The van der Waals surface area contributed by atoms with Crippen LogP contribution in [0.3, 0.4) is 0 Å².